The number of esters is 1. The van der Waals surface area contributed by atoms with Crippen molar-refractivity contribution in [3.63, 3.8) is 0 Å². The lowest BCUT2D eigenvalue weighted by molar-refractivity contribution is -0.156. The van der Waals surface area contributed by atoms with E-state index in [2.05, 4.69) is 16.0 Å². The minimum Gasteiger partial charge on any atom is -0.455 e. The number of benzene rings is 2. The Bertz CT molecular complexity index is 1040. The number of ketones is 1. The summed E-state index contributed by atoms with van der Waals surface area (Å²) < 4.78 is 10.1. The normalized spacial score (nSPS) is 12.9. The van der Waals surface area contributed by atoms with E-state index in [0.29, 0.717) is 0 Å². The predicted molar refractivity (Wildman–Crippen MR) is 130 cm³/mol. The fourth-order valence-electron chi connectivity index (χ4n) is 3.00. The summed E-state index contributed by atoms with van der Waals surface area (Å²) in [5, 5.41) is 7.29. The zero-order valence-electron chi connectivity index (χ0n) is 20.5. The largest absolute Gasteiger partial charge is 0.455 e. The minimum absolute atomic E-state index is 0.0417. The van der Waals surface area contributed by atoms with Gasteiger partial charge in [-0.1, -0.05) is 67.6 Å². The molecule has 0 aromatic heterocycles. The summed E-state index contributed by atoms with van der Waals surface area (Å²) >= 11 is 0. The number of carbonyl (C=O) groups is 5. The molecular formula is C26H31N3O7. The molecule has 0 spiro atoms. The van der Waals surface area contributed by atoms with Gasteiger partial charge in [-0.3, -0.25) is 14.4 Å². The standard InChI is InChI=1S/C26H31N3O7/c1-4-21(22(30)25(33)35-15-19-11-7-5-8-12-19)29-24(32)17(2)27-23(31)18(3)28-26(34)36-16-20-13-9-6-10-14-20/h5-14,17-18,21H,4,15-16H2,1-3H3,(H,27,31)(H,28,34)(H,29,32)/t17-,18-,21?/m0/s1. The molecule has 3 N–H and O–H groups in total. The molecule has 0 heterocycles. The quantitative estimate of drug-likeness (QED) is 0.301. The van der Waals surface area contributed by atoms with Gasteiger partial charge in [-0.05, 0) is 31.4 Å². The molecule has 2 aromatic rings. The molecule has 0 saturated heterocycles. The molecule has 0 radical (unpaired) electrons. The number of hydrogen-bond donors (Lipinski definition) is 3. The lowest BCUT2D eigenvalue weighted by atomic mass is 10.1. The zero-order chi connectivity index (χ0) is 26.5. The molecule has 2 aromatic carbocycles. The van der Waals surface area contributed by atoms with Gasteiger partial charge in [0.1, 0.15) is 25.3 Å². The highest BCUT2D eigenvalue weighted by Gasteiger charge is 2.29. The number of Topliss-reactive ketones (excluding diaryl/α,β-unsaturated/α-hetero) is 1. The van der Waals surface area contributed by atoms with E-state index in [0.717, 1.165) is 11.1 Å². The third-order valence-electron chi connectivity index (χ3n) is 5.15. The fourth-order valence-corrected chi connectivity index (χ4v) is 3.00. The maximum Gasteiger partial charge on any atom is 0.408 e. The van der Waals surface area contributed by atoms with Gasteiger partial charge >= 0.3 is 12.1 Å². The predicted octanol–water partition coefficient (Wildman–Crippen LogP) is 2.01. The summed E-state index contributed by atoms with van der Waals surface area (Å²) in [4.78, 5) is 61.4. The van der Waals surface area contributed by atoms with Crippen LogP contribution in [0.1, 0.15) is 38.3 Å². The Hall–Kier alpha value is -4.21. The lowest BCUT2D eigenvalue weighted by Gasteiger charge is -2.21. The summed E-state index contributed by atoms with van der Waals surface area (Å²) in [6.07, 6.45) is -0.638. The Kier molecular flexibility index (Phi) is 11.1. The summed E-state index contributed by atoms with van der Waals surface area (Å²) in [5.41, 5.74) is 1.51. The van der Waals surface area contributed by atoms with Crippen molar-refractivity contribution in [1.82, 2.24) is 16.0 Å². The molecule has 0 aliphatic carbocycles. The molecule has 36 heavy (non-hydrogen) atoms. The Balaban J connectivity index is 1.78. The van der Waals surface area contributed by atoms with Crippen LogP contribution in [0.25, 0.3) is 0 Å². The first-order chi connectivity index (χ1) is 17.2. The van der Waals surface area contributed by atoms with Gasteiger partial charge in [-0.2, -0.15) is 0 Å². The topological polar surface area (TPSA) is 140 Å². The molecule has 0 bridgehead atoms. The first-order valence-electron chi connectivity index (χ1n) is 11.5. The van der Waals surface area contributed by atoms with Crippen LogP contribution < -0.4 is 16.0 Å². The highest BCUT2D eigenvalue weighted by atomic mass is 16.5. The van der Waals surface area contributed by atoms with E-state index in [1.807, 2.05) is 24.3 Å². The summed E-state index contributed by atoms with van der Waals surface area (Å²) in [7, 11) is 0. The van der Waals surface area contributed by atoms with Crippen LogP contribution in [0.3, 0.4) is 0 Å². The van der Waals surface area contributed by atoms with Crippen LogP contribution in [0.4, 0.5) is 4.79 Å². The van der Waals surface area contributed by atoms with Crippen LogP contribution in [0, 0.1) is 0 Å². The number of nitrogens with one attached hydrogen (secondary N) is 3. The Morgan fingerprint density at radius 2 is 1.17 bits per heavy atom. The summed E-state index contributed by atoms with van der Waals surface area (Å²) in [5.74, 6) is -3.25. The lowest BCUT2D eigenvalue weighted by Crippen LogP contribution is -2.54. The third-order valence-corrected chi connectivity index (χ3v) is 5.15. The van der Waals surface area contributed by atoms with Gasteiger partial charge in [-0.25, -0.2) is 9.59 Å². The molecule has 192 valence electrons. The van der Waals surface area contributed by atoms with Gasteiger partial charge in [0.25, 0.3) is 5.78 Å². The van der Waals surface area contributed by atoms with Gasteiger partial charge in [0.15, 0.2) is 0 Å². The second-order valence-corrected chi connectivity index (χ2v) is 8.05. The molecule has 0 saturated carbocycles. The van der Waals surface area contributed by atoms with Gasteiger partial charge in [0, 0.05) is 0 Å². The molecule has 1 unspecified atom stereocenters. The van der Waals surface area contributed by atoms with Gasteiger partial charge in [0.2, 0.25) is 11.8 Å². The van der Waals surface area contributed by atoms with E-state index in [1.165, 1.54) is 13.8 Å². The molecule has 3 amide bonds. The summed E-state index contributed by atoms with van der Waals surface area (Å²) in [6, 6.07) is 14.8. The van der Waals surface area contributed by atoms with E-state index in [4.69, 9.17) is 9.47 Å². The molecule has 3 atom stereocenters. The van der Waals surface area contributed by atoms with Crippen LogP contribution >= 0.6 is 0 Å². The van der Waals surface area contributed by atoms with Crippen LogP contribution in [-0.2, 0) is 41.9 Å². The first-order valence-corrected chi connectivity index (χ1v) is 11.5. The van der Waals surface area contributed by atoms with E-state index in [1.54, 1.807) is 43.3 Å². The molecule has 0 aliphatic heterocycles. The SMILES string of the molecule is CCC(NC(=O)[C@H](C)NC(=O)[C@H](C)NC(=O)OCc1ccccc1)C(=O)C(=O)OCc1ccccc1. The van der Waals surface area contributed by atoms with E-state index in [9.17, 15) is 24.0 Å². The maximum absolute atomic E-state index is 12.5. The minimum atomic E-state index is -1.11. The van der Waals surface area contributed by atoms with Crippen molar-refractivity contribution in [3.05, 3.63) is 71.8 Å². The second kappa shape index (κ2) is 14.2. The van der Waals surface area contributed by atoms with E-state index < -0.39 is 47.8 Å². The molecule has 0 aliphatic rings. The summed E-state index contributed by atoms with van der Waals surface area (Å²) in [6.45, 7) is 4.45. The maximum atomic E-state index is 12.5. The van der Waals surface area contributed by atoms with Crippen LogP contribution in [0.15, 0.2) is 60.7 Å². The first kappa shape index (κ1) is 28.0. The smallest absolute Gasteiger partial charge is 0.408 e. The monoisotopic (exact) mass is 497 g/mol. The zero-order valence-corrected chi connectivity index (χ0v) is 20.5. The van der Waals surface area contributed by atoms with Gasteiger partial charge < -0.3 is 25.4 Å². The number of amides is 3. The number of hydrogen-bond acceptors (Lipinski definition) is 7. The van der Waals surface area contributed by atoms with Crippen LogP contribution in [0.2, 0.25) is 0 Å². The van der Waals surface area contributed by atoms with Gasteiger partial charge in [0.05, 0.1) is 6.04 Å². The van der Waals surface area contributed by atoms with Crippen molar-refractivity contribution in [2.75, 3.05) is 0 Å². The third kappa shape index (κ3) is 9.21. The number of alkyl carbamates (subject to hydrolysis) is 1. The average Bonchev–Trinajstić information content (AvgIpc) is 2.89. The van der Waals surface area contributed by atoms with Crippen molar-refractivity contribution in [3.8, 4) is 0 Å². The number of ether oxygens (including phenoxy) is 2. The van der Waals surface area contributed by atoms with Crippen molar-refractivity contribution in [2.24, 2.45) is 0 Å². The van der Waals surface area contributed by atoms with Gasteiger partial charge in [-0.15, -0.1) is 0 Å². The van der Waals surface area contributed by atoms with Crippen molar-refractivity contribution < 1.29 is 33.4 Å². The number of rotatable bonds is 12. The van der Waals surface area contributed by atoms with Crippen LogP contribution in [0.5, 0.6) is 0 Å². The average molecular weight is 498 g/mol. The Morgan fingerprint density at radius 3 is 1.69 bits per heavy atom. The highest BCUT2D eigenvalue weighted by Crippen LogP contribution is 2.04. The molecule has 0 fully saturated rings. The van der Waals surface area contributed by atoms with Crippen molar-refractivity contribution in [2.45, 2.75) is 58.5 Å². The Labute approximate surface area is 209 Å². The second-order valence-electron chi connectivity index (χ2n) is 8.05. The van der Waals surface area contributed by atoms with Crippen molar-refractivity contribution >= 4 is 29.7 Å². The Morgan fingerprint density at radius 1 is 0.694 bits per heavy atom. The van der Waals surface area contributed by atoms with E-state index >= 15 is 0 Å². The molecule has 10 heteroatoms. The van der Waals surface area contributed by atoms with Crippen molar-refractivity contribution in [1.29, 1.82) is 0 Å². The van der Waals surface area contributed by atoms with E-state index in [-0.39, 0.29) is 19.6 Å². The fraction of sp³-hybridized carbons (Fsp3) is 0.346. The van der Waals surface area contributed by atoms with Crippen LogP contribution in [-0.4, -0.2) is 47.8 Å². The molecule has 2 rings (SSSR count). The number of carbonyl (C=O) groups excluding carboxylic acids is 5. The molecule has 10 nitrogen and oxygen atoms in total. The molecular weight excluding hydrogens is 466 g/mol. The highest BCUT2D eigenvalue weighted by molar-refractivity contribution is 6.36.